The number of nitrogens with two attached hydrogens (primary N) is 1. The van der Waals surface area contributed by atoms with E-state index in [4.69, 9.17) is 19.3 Å². The van der Waals surface area contributed by atoms with E-state index in [1.807, 2.05) is 61.5 Å². The molecule has 0 spiro atoms. The molecule has 1 heterocycles. The molecule has 0 amide bonds. The largest absolute Gasteiger partial charge is 0.496 e. The topological polar surface area (TPSA) is 87.8 Å². The number of fused-ring (bicyclic) bond motifs is 3. The van der Waals surface area contributed by atoms with Gasteiger partial charge in [0.15, 0.2) is 0 Å². The van der Waals surface area contributed by atoms with Crippen LogP contribution in [0.2, 0.25) is 0 Å². The van der Waals surface area contributed by atoms with Crippen molar-refractivity contribution >= 4 is 10.0 Å². The zero-order valence-corrected chi connectivity index (χ0v) is 17.6. The van der Waals surface area contributed by atoms with Gasteiger partial charge >= 0.3 is 0 Å². The van der Waals surface area contributed by atoms with Crippen LogP contribution in [-0.4, -0.2) is 22.1 Å². The van der Waals surface area contributed by atoms with Crippen LogP contribution in [-0.2, 0) is 15.8 Å². The predicted molar refractivity (Wildman–Crippen MR) is 115 cm³/mol. The first kappa shape index (κ1) is 20.3. The van der Waals surface area contributed by atoms with Crippen molar-refractivity contribution in [2.75, 3.05) is 13.7 Å². The van der Waals surface area contributed by atoms with Crippen LogP contribution in [0.1, 0.15) is 29.7 Å². The fourth-order valence-electron chi connectivity index (χ4n) is 3.77. The maximum atomic E-state index is 11.6. The third-order valence-corrected chi connectivity index (χ3v) is 5.72. The van der Waals surface area contributed by atoms with Gasteiger partial charge in [0.1, 0.15) is 23.4 Å². The van der Waals surface area contributed by atoms with E-state index in [2.05, 4.69) is 0 Å². The lowest BCUT2D eigenvalue weighted by molar-refractivity contribution is 0.242. The molecule has 6 nitrogen and oxygen atoms in total. The molecule has 2 N–H and O–H groups in total. The van der Waals surface area contributed by atoms with Crippen molar-refractivity contribution in [3.63, 3.8) is 0 Å². The predicted octanol–water partition coefficient (Wildman–Crippen LogP) is 4.03. The maximum absolute atomic E-state index is 11.6. The van der Waals surface area contributed by atoms with Gasteiger partial charge in [-0.15, -0.1) is 0 Å². The van der Waals surface area contributed by atoms with Crippen molar-refractivity contribution in [3.8, 4) is 28.4 Å². The third-order valence-electron chi connectivity index (χ3n) is 4.98. The fraction of sp³-hybridized carbons (Fsp3) is 0.217. The van der Waals surface area contributed by atoms with Crippen LogP contribution in [0.15, 0.2) is 60.7 Å². The van der Waals surface area contributed by atoms with Crippen molar-refractivity contribution in [1.82, 2.24) is 0 Å². The van der Waals surface area contributed by atoms with Crippen molar-refractivity contribution in [2.45, 2.75) is 18.8 Å². The Balaban J connectivity index is 1.86. The molecule has 1 atom stereocenters. The van der Waals surface area contributed by atoms with E-state index >= 15 is 0 Å². The number of hydrogen-bond donors (Lipinski definition) is 1. The number of hydrogen-bond acceptors (Lipinski definition) is 5. The van der Waals surface area contributed by atoms with E-state index in [9.17, 15) is 8.42 Å². The molecule has 0 saturated heterocycles. The van der Waals surface area contributed by atoms with Gasteiger partial charge in [-0.1, -0.05) is 36.4 Å². The molecule has 30 heavy (non-hydrogen) atoms. The lowest BCUT2D eigenvalue weighted by atomic mass is 9.88. The van der Waals surface area contributed by atoms with Gasteiger partial charge in [0, 0.05) is 5.56 Å². The van der Waals surface area contributed by atoms with Crippen molar-refractivity contribution in [2.24, 2.45) is 5.14 Å². The molecule has 3 aromatic rings. The SMILES string of the molecule is CCOc1ccc(C2Oc3cccc(OC)c3-c3ccc(CS(N)(=O)=O)cc32)cc1. The second kappa shape index (κ2) is 8.01. The molecule has 1 aliphatic heterocycles. The molecule has 0 radical (unpaired) electrons. The van der Waals surface area contributed by atoms with Crippen molar-refractivity contribution < 1.29 is 22.6 Å². The number of rotatable bonds is 6. The van der Waals surface area contributed by atoms with Gasteiger partial charge in [0.25, 0.3) is 0 Å². The summed E-state index contributed by atoms with van der Waals surface area (Å²) in [6.45, 7) is 2.53. The highest BCUT2D eigenvalue weighted by Crippen LogP contribution is 2.49. The van der Waals surface area contributed by atoms with E-state index in [1.165, 1.54) is 0 Å². The Labute approximate surface area is 176 Å². The Morgan fingerprint density at radius 1 is 1.07 bits per heavy atom. The Hall–Kier alpha value is -3.03. The van der Waals surface area contributed by atoms with Crippen molar-refractivity contribution in [1.29, 1.82) is 0 Å². The Morgan fingerprint density at radius 2 is 1.83 bits per heavy atom. The monoisotopic (exact) mass is 425 g/mol. The molecule has 0 saturated carbocycles. The minimum atomic E-state index is -3.65. The van der Waals surface area contributed by atoms with Gasteiger partial charge in [-0.25, -0.2) is 13.6 Å². The smallest absolute Gasteiger partial charge is 0.213 e. The normalized spacial score (nSPS) is 15.0. The molecule has 156 valence electrons. The molecule has 0 aromatic heterocycles. The molecular formula is C23H23NO5S. The van der Waals surface area contributed by atoms with Crippen LogP contribution in [0.5, 0.6) is 17.2 Å². The van der Waals surface area contributed by atoms with Crippen LogP contribution in [0.4, 0.5) is 0 Å². The first-order chi connectivity index (χ1) is 14.4. The summed E-state index contributed by atoms with van der Waals surface area (Å²) < 4.78 is 40.7. The molecule has 1 unspecified atom stereocenters. The number of ether oxygens (including phenoxy) is 3. The van der Waals surface area contributed by atoms with E-state index in [0.717, 1.165) is 28.0 Å². The second-order valence-electron chi connectivity index (χ2n) is 7.06. The summed E-state index contributed by atoms with van der Waals surface area (Å²) in [6, 6.07) is 18.9. The van der Waals surface area contributed by atoms with Crippen LogP contribution in [0.3, 0.4) is 0 Å². The lowest BCUT2D eigenvalue weighted by Crippen LogP contribution is -2.18. The molecule has 4 rings (SSSR count). The fourth-order valence-corrected chi connectivity index (χ4v) is 4.41. The van der Waals surface area contributed by atoms with Gasteiger partial charge in [-0.3, -0.25) is 0 Å². The average molecular weight is 426 g/mol. The van der Waals surface area contributed by atoms with Gasteiger partial charge < -0.3 is 14.2 Å². The lowest BCUT2D eigenvalue weighted by Gasteiger charge is -2.30. The molecule has 0 aliphatic carbocycles. The molecule has 0 bridgehead atoms. The van der Waals surface area contributed by atoms with Crippen molar-refractivity contribution in [3.05, 3.63) is 77.4 Å². The van der Waals surface area contributed by atoms with Crippen LogP contribution >= 0.6 is 0 Å². The molecular weight excluding hydrogens is 402 g/mol. The Morgan fingerprint density at radius 3 is 2.50 bits per heavy atom. The number of benzene rings is 3. The average Bonchev–Trinajstić information content (AvgIpc) is 2.72. The van der Waals surface area contributed by atoms with Crippen LogP contribution in [0.25, 0.3) is 11.1 Å². The zero-order valence-electron chi connectivity index (χ0n) is 16.8. The highest BCUT2D eigenvalue weighted by Gasteiger charge is 2.30. The second-order valence-corrected chi connectivity index (χ2v) is 8.68. The van der Waals surface area contributed by atoms with E-state index < -0.39 is 16.1 Å². The number of primary sulfonamides is 1. The summed E-state index contributed by atoms with van der Waals surface area (Å²) in [4.78, 5) is 0. The maximum Gasteiger partial charge on any atom is 0.213 e. The quantitative estimate of drug-likeness (QED) is 0.644. The Bertz CT molecular complexity index is 1170. The van der Waals surface area contributed by atoms with E-state index in [1.54, 1.807) is 13.2 Å². The van der Waals surface area contributed by atoms with Crippen LogP contribution < -0.4 is 19.3 Å². The third kappa shape index (κ3) is 3.99. The summed E-state index contributed by atoms with van der Waals surface area (Å²) in [6.07, 6.45) is -0.407. The molecule has 3 aromatic carbocycles. The number of methoxy groups -OCH3 is 1. The Kier molecular flexibility index (Phi) is 5.40. The van der Waals surface area contributed by atoms with E-state index in [-0.39, 0.29) is 5.75 Å². The summed E-state index contributed by atoms with van der Waals surface area (Å²) in [5.41, 5.74) is 4.18. The number of sulfonamides is 1. The highest BCUT2D eigenvalue weighted by molar-refractivity contribution is 7.88. The first-order valence-corrected chi connectivity index (χ1v) is 11.3. The van der Waals surface area contributed by atoms with Gasteiger partial charge in [0.2, 0.25) is 10.0 Å². The summed E-state index contributed by atoms with van der Waals surface area (Å²) in [5, 5.41) is 5.26. The molecule has 1 aliphatic rings. The summed E-state index contributed by atoms with van der Waals surface area (Å²) >= 11 is 0. The molecule has 0 fully saturated rings. The van der Waals surface area contributed by atoms with Gasteiger partial charge in [-0.2, -0.15) is 0 Å². The standard InChI is InChI=1S/C23H23NO5S/c1-3-28-17-10-8-16(9-11-17)23-19-13-15(14-30(24,25)26)7-12-18(19)22-20(27-2)5-4-6-21(22)29-23/h4-13,23H,3,14H2,1-2H3,(H2,24,25,26). The van der Waals surface area contributed by atoms with Gasteiger partial charge in [-0.05, 0) is 47.9 Å². The van der Waals surface area contributed by atoms with E-state index in [0.29, 0.717) is 23.7 Å². The zero-order chi connectivity index (χ0) is 21.3. The minimum absolute atomic E-state index is 0.241. The summed E-state index contributed by atoms with van der Waals surface area (Å²) in [5.74, 6) is 1.94. The van der Waals surface area contributed by atoms with Crippen LogP contribution in [0, 0.1) is 0 Å². The summed E-state index contributed by atoms with van der Waals surface area (Å²) in [7, 11) is -2.04. The van der Waals surface area contributed by atoms with Gasteiger partial charge in [0.05, 0.1) is 25.0 Å². The first-order valence-electron chi connectivity index (χ1n) is 9.59. The highest BCUT2D eigenvalue weighted by atomic mass is 32.2. The molecule has 7 heteroatoms. The minimum Gasteiger partial charge on any atom is -0.496 e.